The number of benzene rings is 1. The van der Waals surface area contributed by atoms with Crippen LogP contribution < -0.4 is 11.1 Å². The lowest BCUT2D eigenvalue weighted by Crippen LogP contribution is -2.34. The van der Waals surface area contributed by atoms with Crippen LogP contribution >= 0.6 is 0 Å². The van der Waals surface area contributed by atoms with Gasteiger partial charge in [-0.15, -0.1) is 0 Å². The van der Waals surface area contributed by atoms with E-state index in [1.54, 1.807) is 0 Å². The molecule has 0 spiro atoms. The zero-order valence-corrected chi connectivity index (χ0v) is 11.8. The molecule has 1 amide bonds. The highest BCUT2D eigenvalue weighted by atomic mass is 19.4. The Kier molecular flexibility index (Phi) is 4.95. The van der Waals surface area contributed by atoms with E-state index in [2.05, 4.69) is 10.3 Å². The van der Waals surface area contributed by atoms with Gasteiger partial charge in [0.1, 0.15) is 11.9 Å². The molecule has 2 aromatic rings. The highest BCUT2D eigenvalue weighted by Crippen LogP contribution is 2.31. The summed E-state index contributed by atoms with van der Waals surface area (Å²) < 4.78 is 51.6. The van der Waals surface area contributed by atoms with Gasteiger partial charge >= 0.3 is 6.18 Å². The summed E-state index contributed by atoms with van der Waals surface area (Å²) in [5, 5.41) is 2.62. The van der Waals surface area contributed by atoms with Crippen LogP contribution in [0.15, 0.2) is 42.6 Å². The Bertz CT molecular complexity index is 686. The standard InChI is InChI=1S/C15H13F4N3O/c16-10-5-3-9(4-6-10)13(14(20)23)22-8-12-11(15(17,18)19)2-1-7-21-12/h1-7,13,22H,8H2,(H2,20,23)/t13-/m1/s1. The molecule has 0 saturated carbocycles. The van der Waals surface area contributed by atoms with Crippen molar-refractivity contribution in [1.82, 2.24) is 10.3 Å². The minimum Gasteiger partial charge on any atom is -0.368 e. The van der Waals surface area contributed by atoms with Gasteiger partial charge in [-0.2, -0.15) is 13.2 Å². The summed E-state index contributed by atoms with van der Waals surface area (Å²) in [6, 6.07) is 5.96. The fourth-order valence-corrected chi connectivity index (χ4v) is 2.07. The van der Waals surface area contributed by atoms with Crippen molar-refractivity contribution >= 4 is 5.91 Å². The van der Waals surface area contributed by atoms with Gasteiger partial charge in [-0.25, -0.2) is 4.39 Å². The lowest BCUT2D eigenvalue weighted by molar-refractivity contribution is -0.138. The average molecular weight is 327 g/mol. The van der Waals surface area contributed by atoms with Gasteiger partial charge in [0.2, 0.25) is 5.91 Å². The average Bonchev–Trinajstić information content (AvgIpc) is 2.48. The molecule has 0 aliphatic heterocycles. The zero-order valence-electron chi connectivity index (χ0n) is 11.8. The molecule has 122 valence electrons. The lowest BCUT2D eigenvalue weighted by atomic mass is 10.1. The summed E-state index contributed by atoms with van der Waals surface area (Å²) in [5.74, 6) is -1.29. The summed E-state index contributed by atoms with van der Waals surface area (Å²) in [6.45, 7) is -0.319. The van der Waals surface area contributed by atoms with Crippen molar-refractivity contribution in [3.8, 4) is 0 Å². The molecule has 0 unspecified atom stereocenters. The highest BCUT2D eigenvalue weighted by molar-refractivity contribution is 5.81. The van der Waals surface area contributed by atoms with Crippen LogP contribution in [0.3, 0.4) is 0 Å². The van der Waals surface area contributed by atoms with E-state index in [0.29, 0.717) is 5.56 Å². The minimum absolute atomic E-state index is 0.256. The van der Waals surface area contributed by atoms with Gasteiger partial charge in [0.15, 0.2) is 0 Å². The topological polar surface area (TPSA) is 68.0 Å². The van der Waals surface area contributed by atoms with Crippen LogP contribution in [-0.2, 0) is 17.5 Å². The lowest BCUT2D eigenvalue weighted by Gasteiger charge is -2.17. The Hall–Kier alpha value is -2.48. The van der Waals surface area contributed by atoms with Crippen LogP contribution in [-0.4, -0.2) is 10.9 Å². The second kappa shape index (κ2) is 6.74. The number of carbonyl (C=O) groups is 1. The normalized spacial score (nSPS) is 12.9. The fourth-order valence-electron chi connectivity index (χ4n) is 2.07. The van der Waals surface area contributed by atoms with Crippen molar-refractivity contribution in [1.29, 1.82) is 0 Å². The molecule has 23 heavy (non-hydrogen) atoms. The molecule has 0 aliphatic carbocycles. The maximum Gasteiger partial charge on any atom is 0.418 e. The molecule has 0 aliphatic rings. The number of aromatic nitrogens is 1. The van der Waals surface area contributed by atoms with Gasteiger partial charge in [-0.05, 0) is 29.8 Å². The molecule has 0 bridgehead atoms. The number of carbonyl (C=O) groups excluding carboxylic acids is 1. The van der Waals surface area contributed by atoms with Crippen molar-refractivity contribution < 1.29 is 22.4 Å². The second-order valence-corrected chi connectivity index (χ2v) is 4.76. The molecule has 1 aromatic heterocycles. The molecule has 1 aromatic carbocycles. The van der Waals surface area contributed by atoms with E-state index < -0.39 is 29.5 Å². The summed E-state index contributed by atoms with van der Waals surface area (Å²) >= 11 is 0. The summed E-state index contributed by atoms with van der Waals surface area (Å²) in [4.78, 5) is 15.2. The predicted molar refractivity (Wildman–Crippen MR) is 74.4 cm³/mol. The number of halogens is 4. The van der Waals surface area contributed by atoms with E-state index in [-0.39, 0.29) is 12.2 Å². The van der Waals surface area contributed by atoms with Gasteiger partial charge < -0.3 is 5.73 Å². The van der Waals surface area contributed by atoms with Crippen LogP contribution in [0, 0.1) is 5.82 Å². The van der Waals surface area contributed by atoms with Crippen LogP contribution in [0.2, 0.25) is 0 Å². The summed E-state index contributed by atoms with van der Waals surface area (Å²) in [6.07, 6.45) is -3.33. The Labute approximate surface area is 129 Å². The maximum atomic E-state index is 12.9. The number of hydrogen-bond donors (Lipinski definition) is 2. The number of nitrogens with two attached hydrogens (primary N) is 1. The first-order valence-electron chi connectivity index (χ1n) is 6.58. The summed E-state index contributed by atoms with van der Waals surface area (Å²) in [5.41, 5.74) is 4.46. The number of nitrogens with zero attached hydrogens (tertiary/aromatic N) is 1. The van der Waals surface area contributed by atoms with Crippen molar-refractivity contribution in [2.24, 2.45) is 5.73 Å². The molecule has 2 rings (SSSR count). The molecular formula is C15H13F4N3O. The molecular weight excluding hydrogens is 314 g/mol. The maximum absolute atomic E-state index is 12.9. The minimum atomic E-state index is -4.55. The number of amides is 1. The third kappa shape index (κ3) is 4.26. The molecule has 4 nitrogen and oxygen atoms in total. The second-order valence-electron chi connectivity index (χ2n) is 4.76. The number of alkyl halides is 3. The smallest absolute Gasteiger partial charge is 0.368 e. The quantitative estimate of drug-likeness (QED) is 0.830. The summed E-state index contributed by atoms with van der Waals surface area (Å²) in [7, 11) is 0. The van der Waals surface area contributed by atoms with Crippen LogP contribution in [0.4, 0.5) is 17.6 Å². The van der Waals surface area contributed by atoms with Crippen molar-refractivity contribution in [2.75, 3.05) is 0 Å². The first-order valence-corrected chi connectivity index (χ1v) is 6.58. The van der Waals surface area contributed by atoms with Crippen molar-refractivity contribution in [2.45, 2.75) is 18.8 Å². The molecule has 0 fully saturated rings. The van der Waals surface area contributed by atoms with Gasteiger partial charge in [-0.3, -0.25) is 15.1 Å². The zero-order chi connectivity index (χ0) is 17.0. The van der Waals surface area contributed by atoms with E-state index in [9.17, 15) is 22.4 Å². The third-order valence-electron chi connectivity index (χ3n) is 3.16. The van der Waals surface area contributed by atoms with E-state index in [1.165, 1.54) is 24.4 Å². The van der Waals surface area contributed by atoms with Gasteiger partial charge in [0.25, 0.3) is 0 Å². The Morgan fingerprint density at radius 2 is 1.87 bits per heavy atom. The first-order chi connectivity index (χ1) is 10.8. The Morgan fingerprint density at radius 3 is 2.43 bits per heavy atom. The molecule has 1 atom stereocenters. The molecule has 8 heteroatoms. The third-order valence-corrected chi connectivity index (χ3v) is 3.16. The monoisotopic (exact) mass is 327 g/mol. The molecule has 0 saturated heterocycles. The van der Waals surface area contributed by atoms with Crippen molar-refractivity contribution in [3.05, 3.63) is 65.2 Å². The number of rotatable bonds is 5. The largest absolute Gasteiger partial charge is 0.418 e. The highest BCUT2D eigenvalue weighted by Gasteiger charge is 2.34. The Morgan fingerprint density at radius 1 is 1.22 bits per heavy atom. The van der Waals surface area contributed by atoms with E-state index in [1.807, 2.05) is 0 Å². The predicted octanol–water partition coefficient (Wildman–Crippen LogP) is 2.56. The number of nitrogens with one attached hydrogen (secondary N) is 1. The van der Waals surface area contributed by atoms with E-state index >= 15 is 0 Å². The molecule has 1 heterocycles. The van der Waals surface area contributed by atoms with Gasteiger partial charge in [0, 0.05) is 12.7 Å². The number of pyridine rings is 1. The van der Waals surface area contributed by atoms with E-state index in [0.717, 1.165) is 18.2 Å². The Balaban J connectivity index is 2.20. The van der Waals surface area contributed by atoms with Gasteiger partial charge in [0.05, 0.1) is 11.3 Å². The first kappa shape index (κ1) is 16.9. The van der Waals surface area contributed by atoms with E-state index in [4.69, 9.17) is 5.73 Å². The molecule has 3 N–H and O–H groups in total. The van der Waals surface area contributed by atoms with Crippen LogP contribution in [0.1, 0.15) is 22.9 Å². The van der Waals surface area contributed by atoms with Crippen LogP contribution in [0.5, 0.6) is 0 Å². The van der Waals surface area contributed by atoms with Crippen molar-refractivity contribution in [3.63, 3.8) is 0 Å². The molecule has 0 radical (unpaired) electrons. The fraction of sp³-hybridized carbons (Fsp3) is 0.200. The van der Waals surface area contributed by atoms with Crippen LogP contribution in [0.25, 0.3) is 0 Å². The van der Waals surface area contributed by atoms with Gasteiger partial charge in [-0.1, -0.05) is 12.1 Å². The number of hydrogen-bond acceptors (Lipinski definition) is 3. The SMILES string of the molecule is NC(=O)[C@H](NCc1ncccc1C(F)(F)F)c1ccc(F)cc1. The number of primary amides is 1.